The molecular weight excluding hydrogens is 164 g/mol. The van der Waals surface area contributed by atoms with Gasteiger partial charge < -0.3 is 10.2 Å². The molecule has 0 heterocycles. The Balaban J connectivity index is 3.09. The van der Waals surface area contributed by atoms with Crippen molar-refractivity contribution >= 4 is 0 Å². The molecule has 2 nitrogen and oxygen atoms in total. The van der Waals surface area contributed by atoms with Gasteiger partial charge >= 0.3 is 0 Å². The Morgan fingerprint density at radius 3 is 1.92 bits per heavy atom. The van der Waals surface area contributed by atoms with Gasteiger partial charge in [0.05, 0.1) is 0 Å². The minimum absolute atomic E-state index is 0.441. The van der Waals surface area contributed by atoms with Crippen LogP contribution < -0.4 is 0 Å². The first-order chi connectivity index (χ1) is 5.92. The third kappa shape index (κ3) is 11.9. The average Bonchev–Trinajstić information content (AvgIpc) is 1.93. The zero-order valence-corrected chi connectivity index (χ0v) is 9.21. The molecule has 0 amide bonds. The van der Waals surface area contributed by atoms with Gasteiger partial charge in [0.2, 0.25) is 0 Å². The average molecular weight is 188 g/mol. The zero-order chi connectivity index (χ0) is 10.3. The van der Waals surface area contributed by atoms with E-state index in [-0.39, 0.29) is 0 Å². The second-order valence-corrected chi connectivity index (χ2v) is 4.99. The van der Waals surface area contributed by atoms with Crippen molar-refractivity contribution in [2.75, 3.05) is 0 Å². The highest BCUT2D eigenvalue weighted by Gasteiger charge is 2.08. The molecule has 0 radical (unpaired) electrons. The van der Waals surface area contributed by atoms with Crippen molar-refractivity contribution in [1.29, 1.82) is 0 Å². The summed E-state index contributed by atoms with van der Waals surface area (Å²) in [5.74, 6) is 0. The van der Waals surface area contributed by atoms with Gasteiger partial charge in [0, 0.05) is 0 Å². The minimum Gasteiger partial charge on any atom is -0.368 e. The number of unbranched alkanes of at least 4 members (excludes halogenated alkanes) is 3. The zero-order valence-electron chi connectivity index (χ0n) is 9.21. The van der Waals surface area contributed by atoms with Crippen LogP contribution in [0.25, 0.3) is 0 Å². The van der Waals surface area contributed by atoms with E-state index in [1.54, 1.807) is 0 Å². The summed E-state index contributed by atoms with van der Waals surface area (Å²) in [6.07, 6.45) is 5.19. The molecule has 0 bridgehead atoms. The van der Waals surface area contributed by atoms with Crippen LogP contribution in [-0.4, -0.2) is 16.5 Å². The van der Waals surface area contributed by atoms with Gasteiger partial charge in [0.25, 0.3) is 0 Å². The summed E-state index contributed by atoms with van der Waals surface area (Å²) < 4.78 is 0. The topological polar surface area (TPSA) is 40.5 Å². The fraction of sp³-hybridized carbons (Fsp3) is 1.00. The third-order valence-electron chi connectivity index (χ3n) is 2.14. The maximum absolute atomic E-state index is 8.59. The summed E-state index contributed by atoms with van der Waals surface area (Å²) >= 11 is 0. The van der Waals surface area contributed by atoms with Crippen molar-refractivity contribution in [2.24, 2.45) is 5.41 Å². The van der Waals surface area contributed by atoms with Gasteiger partial charge in [0.15, 0.2) is 6.29 Å². The molecule has 80 valence electrons. The van der Waals surface area contributed by atoms with Crippen LogP contribution in [0.2, 0.25) is 0 Å². The highest BCUT2D eigenvalue weighted by atomic mass is 16.5. The monoisotopic (exact) mass is 188 g/mol. The van der Waals surface area contributed by atoms with Gasteiger partial charge in [-0.2, -0.15) is 0 Å². The van der Waals surface area contributed by atoms with E-state index in [0.717, 1.165) is 12.8 Å². The van der Waals surface area contributed by atoms with Crippen LogP contribution >= 0.6 is 0 Å². The lowest BCUT2D eigenvalue weighted by Crippen LogP contribution is -2.05. The summed E-state index contributed by atoms with van der Waals surface area (Å²) in [6.45, 7) is 6.76. The predicted molar refractivity (Wildman–Crippen MR) is 55.4 cm³/mol. The van der Waals surface area contributed by atoms with Crippen LogP contribution in [-0.2, 0) is 0 Å². The van der Waals surface area contributed by atoms with Crippen LogP contribution in [0.4, 0.5) is 0 Å². The molecule has 0 spiro atoms. The van der Waals surface area contributed by atoms with Gasteiger partial charge in [-0.05, 0) is 24.7 Å². The number of rotatable bonds is 6. The fourth-order valence-corrected chi connectivity index (χ4v) is 1.34. The molecule has 0 aliphatic carbocycles. The molecule has 0 rings (SSSR count). The van der Waals surface area contributed by atoms with Crippen LogP contribution in [0, 0.1) is 5.41 Å². The summed E-state index contributed by atoms with van der Waals surface area (Å²) in [4.78, 5) is 0. The standard InChI is InChI=1S/C11H24O2/c1-11(2,3)9-7-5-4-6-8-10(12)13/h10,12-13H,4-9H2,1-3H3. The third-order valence-corrected chi connectivity index (χ3v) is 2.14. The van der Waals surface area contributed by atoms with Crippen LogP contribution in [0.5, 0.6) is 0 Å². The molecular formula is C11H24O2. The van der Waals surface area contributed by atoms with Gasteiger partial charge in [-0.15, -0.1) is 0 Å². The second-order valence-electron chi connectivity index (χ2n) is 4.99. The highest BCUT2D eigenvalue weighted by Crippen LogP contribution is 2.22. The largest absolute Gasteiger partial charge is 0.368 e. The lowest BCUT2D eigenvalue weighted by Gasteiger charge is -2.17. The van der Waals surface area contributed by atoms with Crippen molar-refractivity contribution in [1.82, 2.24) is 0 Å². The van der Waals surface area contributed by atoms with Gasteiger partial charge in [0.1, 0.15) is 0 Å². The Bertz CT molecular complexity index is 114. The van der Waals surface area contributed by atoms with Crippen molar-refractivity contribution < 1.29 is 10.2 Å². The number of aliphatic hydroxyl groups excluding tert-OH is 1. The number of aliphatic hydroxyl groups is 2. The van der Waals surface area contributed by atoms with E-state index in [0.29, 0.717) is 11.8 Å². The normalized spacial score (nSPS) is 12.5. The molecule has 13 heavy (non-hydrogen) atoms. The lowest BCUT2D eigenvalue weighted by atomic mass is 9.89. The molecule has 0 aromatic rings. The van der Waals surface area contributed by atoms with Crippen molar-refractivity contribution in [3.05, 3.63) is 0 Å². The van der Waals surface area contributed by atoms with Crippen LogP contribution in [0.15, 0.2) is 0 Å². The maximum atomic E-state index is 8.59. The minimum atomic E-state index is -1.11. The van der Waals surface area contributed by atoms with E-state index >= 15 is 0 Å². The van der Waals surface area contributed by atoms with Crippen LogP contribution in [0.1, 0.15) is 59.3 Å². The molecule has 0 aromatic carbocycles. The molecule has 0 saturated heterocycles. The molecule has 0 aliphatic heterocycles. The summed E-state index contributed by atoms with van der Waals surface area (Å²) in [6, 6.07) is 0. The Morgan fingerprint density at radius 1 is 0.923 bits per heavy atom. The molecule has 0 atom stereocenters. The highest BCUT2D eigenvalue weighted by molar-refractivity contribution is 4.60. The second kappa shape index (κ2) is 6.39. The van der Waals surface area contributed by atoms with E-state index in [1.165, 1.54) is 19.3 Å². The summed E-state index contributed by atoms with van der Waals surface area (Å²) in [5.41, 5.74) is 0.441. The van der Waals surface area contributed by atoms with Crippen molar-refractivity contribution in [3.8, 4) is 0 Å². The van der Waals surface area contributed by atoms with E-state index in [1.807, 2.05) is 0 Å². The molecule has 2 N–H and O–H groups in total. The summed E-state index contributed by atoms with van der Waals surface area (Å²) in [5, 5.41) is 17.2. The molecule has 0 fully saturated rings. The Hall–Kier alpha value is -0.0800. The van der Waals surface area contributed by atoms with E-state index < -0.39 is 6.29 Å². The van der Waals surface area contributed by atoms with Crippen molar-refractivity contribution in [2.45, 2.75) is 65.6 Å². The smallest absolute Gasteiger partial charge is 0.151 e. The molecule has 2 heteroatoms. The number of hydrogen-bond acceptors (Lipinski definition) is 2. The lowest BCUT2D eigenvalue weighted by molar-refractivity contribution is -0.0466. The quantitative estimate of drug-likeness (QED) is 0.497. The molecule has 0 saturated carbocycles. The van der Waals surface area contributed by atoms with Gasteiger partial charge in [-0.25, -0.2) is 0 Å². The van der Waals surface area contributed by atoms with E-state index in [9.17, 15) is 0 Å². The summed E-state index contributed by atoms with van der Waals surface area (Å²) in [7, 11) is 0. The first-order valence-electron chi connectivity index (χ1n) is 5.28. The molecule has 0 unspecified atom stereocenters. The van der Waals surface area contributed by atoms with E-state index in [4.69, 9.17) is 10.2 Å². The Morgan fingerprint density at radius 2 is 1.46 bits per heavy atom. The number of hydrogen-bond donors (Lipinski definition) is 2. The Kier molecular flexibility index (Phi) is 6.35. The maximum Gasteiger partial charge on any atom is 0.151 e. The SMILES string of the molecule is CC(C)(C)CCCCCCC(O)O. The molecule has 0 aliphatic rings. The fourth-order valence-electron chi connectivity index (χ4n) is 1.34. The first kappa shape index (κ1) is 12.9. The van der Waals surface area contributed by atoms with Gasteiger partial charge in [-0.3, -0.25) is 0 Å². The first-order valence-corrected chi connectivity index (χ1v) is 5.28. The Labute approximate surface area is 82.0 Å². The molecule has 0 aromatic heterocycles. The van der Waals surface area contributed by atoms with Crippen molar-refractivity contribution in [3.63, 3.8) is 0 Å². The van der Waals surface area contributed by atoms with E-state index in [2.05, 4.69) is 20.8 Å². The van der Waals surface area contributed by atoms with Crippen LogP contribution in [0.3, 0.4) is 0 Å². The van der Waals surface area contributed by atoms with Gasteiger partial charge in [-0.1, -0.05) is 40.0 Å². The predicted octanol–water partition coefficient (Wildman–Crippen LogP) is 2.68.